The molecule has 0 bridgehead atoms. The van der Waals surface area contributed by atoms with Crippen molar-refractivity contribution in [2.24, 2.45) is 0 Å². The van der Waals surface area contributed by atoms with Crippen LogP contribution in [0.4, 0.5) is 0 Å². The minimum absolute atomic E-state index is 0.0280. The lowest BCUT2D eigenvalue weighted by Crippen LogP contribution is -2.61. The fraction of sp³-hybridized carbons (Fsp3) is 0.500. The first-order valence-electron chi connectivity index (χ1n) is 5.16. The Morgan fingerprint density at radius 1 is 1.47 bits per heavy atom. The monoisotopic (exact) mass is 269 g/mol. The molecule has 0 amide bonds. The van der Waals surface area contributed by atoms with E-state index in [2.05, 4.69) is 46.4 Å². The van der Waals surface area contributed by atoms with E-state index in [0.29, 0.717) is 0 Å². The summed E-state index contributed by atoms with van der Waals surface area (Å²) >= 11 is 3.51. The van der Waals surface area contributed by atoms with Crippen LogP contribution >= 0.6 is 15.9 Å². The number of rotatable bonds is 3. The van der Waals surface area contributed by atoms with E-state index in [1.54, 1.807) is 7.11 Å². The van der Waals surface area contributed by atoms with Crippen LogP contribution in [0.25, 0.3) is 0 Å². The first-order chi connectivity index (χ1) is 7.15. The molecule has 2 rings (SSSR count). The number of ether oxygens (including phenoxy) is 1. The Morgan fingerprint density at radius 2 is 2.20 bits per heavy atom. The molecule has 15 heavy (non-hydrogen) atoms. The molecule has 1 heterocycles. The van der Waals surface area contributed by atoms with E-state index in [4.69, 9.17) is 4.74 Å². The summed E-state index contributed by atoms with van der Waals surface area (Å²) in [6.45, 7) is 4.03. The second-order valence-electron chi connectivity index (χ2n) is 4.25. The van der Waals surface area contributed by atoms with Gasteiger partial charge in [0.15, 0.2) is 0 Å². The Kier molecular flexibility index (Phi) is 3.14. The normalized spacial score (nSPS) is 18.6. The summed E-state index contributed by atoms with van der Waals surface area (Å²) < 4.78 is 6.74. The Hall–Kier alpha value is -0.380. The van der Waals surface area contributed by atoms with Gasteiger partial charge >= 0.3 is 0 Å². The van der Waals surface area contributed by atoms with Gasteiger partial charge in [-0.3, -0.25) is 0 Å². The molecule has 1 aliphatic heterocycles. The van der Waals surface area contributed by atoms with Gasteiger partial charge < -0.3 is 10.1 Å². The lowest BCUT2D eigenvalue weighted by Gasteiger charge is -2.41. The SMILES string of the molecule is COC1(Cc2ccc(Br)c(C)c2)CNC1. The molecule has 0 saturated carbocycles. The highest BCUT2D eigenvalue weighted by Gasteiger charge is 2.36. The van der Waals surface area contributed by atoms with Crippen LogP contribution < -0.4 is 5.32 Å². The van der Waals surface area contributed by atoms with Crippen molar-refractivity contribution in [2.75, 3.05) is 20.2 Å². The predicted molar refractivity (Wildman–Crippen MR) is 65.2 cm³/mol. The van der Waals surface area contributed by atoms with Crippen LogP contribution in [0.15, 0.2) is 22.7 Å². The highest BCUT2D eigenvalue weighted by molar-refractivity contribution is 9.10. The number of benzene rings is 1. The fourth-order valence-electron chi connectivity index (χ4n) is 1.93. The van der Waals surface area contributed by atoms with Gasteiger partial charge in [0.05, 0.1) is 5.60 Å². The van der Waals surface area contributed by atoms with Crippen LogP contribution in [-0.4, -0.2) is 25.8 Å². The highest BCUT2D eigenvalue weighted by Crippen LogP contribution is 2.24. The number of aryl methyl sites for hydroxylation is 1. The van der Waals surface area contributed by atoms with Crippen LogP contribution in [0.3, 0.4) is 0 Å². The number of hydrogen-bond acceptors (Lipinski definition) is 2. The van der Waals surface area contributed by atoms with Gasteiger partial charge in [0.1, 0.15) is 0 Å². The molecule has 0 radical (unpaired) electrons. The van der Waals surface area contributed by atoms with Crippen LogP contribution in [-0.2, 0) is 11.2 Å². The zero-order chi connectivity index (χ0) is 10.9. The molecule has 0 unspecified atom stereocenters. The molecular formula is C12H16BrNO. The molecule has 1 aliphatic rings. The maximum absolute atomic E-state index is 5.57. The average molecular weight is 270 g/mol. The lowest BCUT2D eigenvalue weighted by atomic mass is 9.88. The topological polar surface area (TPSA) is 21.3 Å². The second kappa shape index (κ2) is 4.24. The highest BCUT2D eigenvalue weighted by atomic mass is 79.9. The summed E-state index contributed by atoms with van der Waals surface area (Å²) in [7, 11) is 1.80. The molecular weight excluding hydrogens is 254 g/mol. The maximum Gasteiger partial charge on any atom is 0.0966 e. The van der Waals surface area contributed by atoms with Crippen molar-refractivity contribution < 1.29 is 4.74 Å². The standard InChI is InChI=1S/C12H16BrNO/c1-9-5-10(3-4-11(9)13)6-12(15-2)7-14-8-12/h3-5,14H,6-8H2,1-2H3. The first kappa shape index (κ1) is 11.1. The van der Waals surface area contributed by atoms with E-state index >= 15 is 0 Å². The Labute approximate surface area is 99.1 Å². The molecule has 0 spiro atoms. The van der Waals surface area contributed by atoms with Gasteiger partial charge in [-0.05, 0) is 24.1 Å². The van der Waals surface area contributed by atoms with E-state index < -0.39 is 0 Å². The van der Waals surface area contributed by atoms with Gasteiger partial charge in [-0.2, -0.15) is 0 Å². The quantitative estimate of drug-likeness (QED) is 0.909. The largest absolute Gasteiger partial charge is 0.375 e. The maximum atomic E-state index is 5.57. The van der Waals surface area contributed by atoms with Crippen molar-refractivity contribution in [3.05, 3.63) is 33.8 Å². The molecule has 1 aromatic carbocycles. The van der Waals surface area contributed by atoms with Gasteiger partial charge in [0.2, 0.25) is 0 Å². The molecule has 1 aromatic rings. The predicted octanol–water partition coefficient (Wildman–Crippen LogP) is 2.29. The molecule has 1 saturated heterocycles. The number of nitrogens with one attached hydrogen (secondary N) is 1. The molecule has 82 valence electrons. The summed E-state index contributed by atoms with van der Waals surface area (Å²) in [5.41, 5.74) is 2.66. The summed E-state index contributed by atoms with van der Waals surface area (Å²) in [5, 5.41) is 3.26. The van der Waals surface area contributed by atoms with Crippen molar-refractivity contribution in [3.63, 3.8) is 0 Å². The summed E-state index contributed by atoms with van der Waals surface area (Å²) in [6, 6.07) is 6.50. The minimum atomic E-state index is 0.0280. The third-order valence-corrected chi connectivity index (χ3v) is 3.97. The molecule has 0 aromatic heterocycles. The van der Waals surface area contributed by atoms with E-state index in [1.165, 1.54) is 15.6 Å². The smallest absolute Gasteiger partial charge is 0.0966 e. The lowest BCUT2D eigenvalue weighted by molar-refractivity contribution is -0.0502. The molecule has 0 aliphatic carbocycles. The summed E-state index contributed by atoms with van der Waals surface area (Å²) in [4.78, 5) is 0. The van der Waals surface area contributed by atoms with Gasteiger partial charge in [-0.15, -0.1) is 0 Å². The van der Waals surface area contributed by atoms with Gasteiger partial charge in [0, 0.05) is 31.1 Å². The van der Waals surface area contributed by atoms with Crippen molar-refractivity contribution >= 4 is 15.9 Å². The summed E-state index contributed by atoms with van der Waals surface area (Å²) in [5.74, 6) is 0. The number of halogens is 1. The van der Waals surface area contributed by atoms with Crippen molar-refractivity contribution in [1.82, 2.24) is 5.32 Å². The van der Waals surface area contributed by atoms with Gasteiger partial charge in [0.25, 0.3) is 0 Å². The second-order valence-corrected chi connectivity index (χ2v) is 5.11. The Morgan fingerprint density at radius 3 is 2.67 bits per heavy atom. The number of methoxy groups -OCH3 is 1. The van der Waals surface area contributed by atoms with E-state index in [9.17, 15) is 0 Å². The number of hydrogen-bond donors (Lipinski definition) is 1. The van der Waals surface area contributed by atoms with E-state index in [1.807, 2.05) is 0 Å². The molecule has 3 heteroatoms. The van der Waals surface area contributed by atoms with Crippen molar-refractivity contribution in [1.29, 1.82) is 0 Å². The van der Waals surface area contributed by atoms with E-state index in [-0.39, 0.29) is 5.60 Å². The van der Waals surface area contributed by atoms with Crippen molar-refractivity contribution in [2.45, 2.75) is 18.9 Å². The minimum Gasteiger partial charge on any atom is -0.375 e. The van der Waals surface area contributed by atoms with E-state index in [0.717, 1.165) is 19.5 Å². The third-order valence-electron chi connectivity index (χ3n) is 3.08. The Bertz CT molecular complexity index is 355. The molecule has 1 N–H and O–H groups in total. The Balaban J connectivity index is 2.13. The summed E-state index contributed by atoms with van der Waals surface area (Å²) in [6.07, 6.45) is 0.991. The fourth-order valence-corrected chi connectivity index (χ4v) is 2.18. The molecule has 1 fully saturated rings. The first-order valence-corrected chi connectivity index (χ1v) is 5.95. The average Bonchev–Trinajstić information content (AvgIpc) is 2.17. The van der Waals surface area contributed by atoms with Gasteiger partial charge in [-0.25, -0.2) is 0 Å². The zero-order valence-corrected chi connectivity index (χ0v) is 10.7. The van der Waals surface area contributed by atoms with Crippen LogP contribution in [0.2, 0.25) is 0 Å². The van der Waals surface area contributed by atoms with Crippen LogP contribution in [0.1, 0.15) is 11.1 Å². The van der Waals surface area contributed by atoms with Gasteiger partial charge in [-0.1, -0.05) is 28.1 Å². The van der Waals surface area contributed by atoms with Crippen LogP contribution in [0.5, 0.6) is 0 Å². The molecule has 2 nitrogen and oxygen atoms in total. The van der Waals surface area contributed by atoms with Crippen molar-refractivity contribution in [3.8, 4) is 0 Å². The third kappa shape index (κ3) is 2.25. The zero-order valence-electron chi connectivity index (χ0n) is 9.14. The van der Waals surface area contributed by atoms with Crippen LogP contribution in [0, 0.1) is 6.92 Å². The molecule has 0 atom stereocenters.